The van der Waals surface area contributed by atoms with Gasteiger partial charge in [-0.05, 0) is 0 Å². The molecule has 14 heteroatoms. The molecule has 2 aromatic rings. The average Bonchev–Trinajstić information content (AvgIpc) is 2.72. The molecule has 1 aliphatic carbocycles. The van der Waals surface area contributed by atoms with Gasteiger partial charge in [0.15, 0.2) is 11.6 Å². The summed E-state index contributed by atoms with van der Waals surface area (Å²) in [5.41, 5.74) is 6.55. The average molecular weight is 530 g/mol. The van der Waals surface area contributed by atoms with E-state index in [1.54, 1.807) is 18.2 Å². The molecule has 192 valence electrons. The third-order valence-electron chi connectivity index (χ3n) is 4.72. The first-order valence-electron chi connectivity index (χ1n) is 10.0. The highest BCUT2D eigenvalue weighted by atomic mass is 32.3. The van der Waals surface area contributed by atoms with Crippen LogP contribution in [0.5, 0.6) is 5.75 Å². The highest BCUT2D eigenvalue weighted by Crippen LogP contribution is 2.41. The Morgan fingerprint density at radius 2 is 1.49 bits per heavy atom. The second-order valence-corrected chi connectivity index (χ2v) is 11.5. The van der Waals surface area contributed by atoms with Crippen LogP contribution in [-0.2, 0) is 24.6 Å². The standard InChI is InChI=1S/C20H23N3O5S.CH4O4S/c1-23(2,3)9-10-28-15-11-14(22-29(4,26)27)16-17(18(15)21)20(25)13-8-6-5-7-12(13)19(16)24;1-5-6(2,3)4/h5-8,11H,9-10H2,1-4H3,(H2-,21,22,24,25);1H3,(H,2,3,4). The number of quaternary nitrogens is 1. The molecule has 3 rings (SSSR count). The van der Waals surface area contributed by atoms with Crippen LogP contribution in [0.4, 0.5) is 11.4 Å². The number of rotatable bonds is 7. The minimum atomic E-state index is -4.41. The molecule has 0 spiro atoms. The Balaban J connectivity index is 0.000000641. The van der Waals surface area contributed by atoms with Crippen LogP contribution in [0.15, 0.2) is 30.3 Å². The van der Waals surface area contributed by atoms with E-state index < -0.39 is 32.0 Å². The van der Waals surface area contributed by atoms with Crippen LogP contribution in [0.1, 0.15) is 31.8 Å². The molecule has 0 bridgehead atoms. The Hall–Kier alpha value is -3.04. The molecule has 35 heavy (non-hydrogen) atoms. The van der Waals surface area contributed by atoms with Crippen molar-refractivity contribution in [3.05, 3.63) is 52.6 Å². The number of hydrogen-bond donors (Lipinski definition) is 2. The lowest BCUT2D eigenvalue weighted by atomic mass is 9.82. The summed E-state index contributed by atoms with van der Waals surface area (Å²) in [6, 6.07) is 7.74. The van der Waals surface area contributed by atoms with E-state index in [0.29, 0.717) is 17.6 Å². The molecule has 0 saturated heterocycles. The van der Waals surface area contributed by atoms with Crippen LogP contribution >= 0.6 is 0 Å². The van der Waals surface area contributed by atoms with Crippen LogP contribution in [0.2, 0.25) is 0 Å². The highest BCUT2D eigenvalue weighted by Gasteiger charge is 2.35. The van der Waals surface area contributed by atoms with Crippen LogP contribution in [0, 0.1) is 0 Å². The van der Waals surface area contributed by atoms with Crippen LogP contribution < -0.4 is 15.2 Å². The number of likely N-dealkylation sites (N-methyl/N-ethyl adjacent to an activating group) is 1. The molecule has 0 radical (unpaired) electrons. The summed E-state index contributed by atoms with van der Waals surface area (Å²) in [4.78, 5) is 26.2. The fourth-order valence-corrected chi connectivity index (χ4v) is 3.68. The van der Waals surface area contributed by atoms with Crippen molar-refractivity contribution in [2.24, 2.45) is 0 Å². The van der Waals surface area contributed by atoms with Crippen molar-refractivity contribution in [1.29, 1.82) is 0 Å². The van der Waals surface area contributed by atoms with Gasteiger partial charge in [-0.3, -0.25) is 18.5 Å². The van der Waals surface area contributed by atoms with E-state index in [-0.39, 0.29) is 39.4 Å². The van der Waals surface area contributed by atoms with Crippen molar-refractivity contribution in [2.75, 3.05) is 58.1 Å². The molecule has 0 aliphatic heterocycles. The number of benzene rings is 2. The van der Waals surface area contributed by atoms with Gasteiger partial charge in [0.2, 0.25) is 20.4 Å². The number of nitrogens with zero attached hydrogens (tertiary/aromatic N) is 1. The Kier molecular flexibility index (Phi) is 8.29. The summed E-state index contributed by atoms with van der Waals surface area (Å²) in [7, 11) is -1.33. The van der Waals surface area contributed by atoms with Crippen molar-refractivity contribution >= 4 is 43.4 Å². The van der Waals surface area contributed by atoms with Gasteiger partial charge in [-0.25, -0.2) is 16.8 Å². The zero-order chi connectivity index (χ0) is 26.8. The fraction of sp³-hybridized carbons (Fsp3) is 0.333. The predicted molar refractivity (Wildman–Crippen MR) is 128 cm³/mol. The fourth-order valence-electron chi connectivity index (χ4n) is 3.12. The molecule has 0 saturated carbocycles. The lowest BCUT2D eigenvalue weighted by molar-refractivity contribution is -0.870. The van der Waals surface area contributed by atoms with Gasteiger partial charge in [0.1, 0.15) is 18.9 Å². The van der Waals surface area contributed by atoms with Crippen molar-refractivity contribution in [3.63, 3.8) is 0 Å². The van der Waals surface area contributed by atoms with Crippen molar-refractivity contribution < 1.29 is 44.4 Å². The molecule has 1 aliphatic rings. The van der Waals surface area contributed by atoms with E-state index in [0.717, 1.165) is 13.4 Å². The van der Waals surface area contributed by atoms with E-state index in [1.807, 2.05) is 21.1 Å². The lowest BCUT2D eigenvalue weighted by Crippen LogP contribution is -2.38. The zero-order valence-corrected chi connectivity index (χ0v) is 21.4. The number of sulfonamides is 1. The smallest absolute Gasteiger partial charge is 0.229 e. The summed E-state index contributed by atoms with van der Waals surface area (Å²) >= 11 is 0. The van der Waals surface area contributed by atoms with E-state index in [9.17, 15) is 31.0 Å². The van der Waals surface area contributed by atoms with Gasteiger partial charge >= 0.3 is 0 Å². The topological polar surface area (TPSA) is 182 Å². The number of carbonyl (C=O) groups excluding carboxylic acids is 2. The second kappa shape index (κ2) is 10.3. The van der Waals surface area contributed by atoms with Crippen LogP contribution in [-0.4, -0.2) is 85.1 Å². The molecule has 0 aromatic heterocycles. The minimum Gasteiger partial charge on any atom is -0.726 e. The molecule has 0 fully saturated rings. The summed E-state index contributed by atoms with van der Waals surface area (Å²) in [6.45, 7) is 0.949. The van der Waals surface area contributed by atoms with E-state index in [1.165, 1.54) is 12.1 Å². The zero-order valence-electron chi connectivity index (χ0n) is 19.8. The monoisotopic (exact) mass is 529 g/mol. The minimum absolute atomic E-state index is 0.0216. The third kappa shape index (κ3) is 7.47. The van der Waals surface area contributed by atoms with Crippen molar-refractivity contribution in [2.45, 2.75) is 0 Å². The van der Waals surface area contributed by atoms with Gasteiger partial charge in [0, 0.05) is 17.2 Å². The number of carbonyl (C=O) groups is 2. The molecule has 0 amide bonds. The lowest BCUT2D eigenvalue weighted by Gasteiger charge is -2.26. The Bertz CT molecular complexity index is 1360. The van der Waals surface area contributed by atoms with Gasteiger partial charge in [-0.2, -0.15) is 0 Å². The molecule has 2 aromatic carbocycles. The Morgan fingerprint density at radius 3 is 1.91 bits per heavy atom. The Labute approximate surface area is 204 Å². The molecule has 0 unspecified atom stereocenters. The molecular formula is C21H27N3O9S2. The maximum Gasteiger partial charge on any atom is 0.229 e. The van der Waals surface area contributed by atoms with E-state index in [4.69, 9.17) is 10.5 Å². The largest absolute Gasteiger partial charge is 0.726 e. The molecule has 12 nitrogen and oxygen atoms in total. The van der Waals surface area contributed by atoms with Gasteiger partial charge < -0.3 is 19.5 Å². The molecular weight excluding hydrogens is 502 g/mol. The number of fused-ring (bicyclic) bond motifs is 2. The summed E-state index contributed by atoms with van der Waals surface area (Å²) in [5.74, 6) is -0.754. The maximum atomic E-state index is 13.1. The predicted octanol–water partition coefficient (Wildman–Crippen LogP) is 0.594. The third-order valence-corrected chi connectivity index (χ3v) is 5.72. The van der Waals surface area contributed by atoms with Crippen molar-refractivity contribution in [1.82, 2.24) is 0 Å². The summed E-state index contributed by atoms with van der Waals surface area (Å²) < 4.78 is 63.5. The number of anilines is 2. The summed E-state index contributed by atoms with van der Waals surface area (Å²) in [5, 5.41) is 0. The van der Waals surface area contributed by atoms with Gasteiger partial charge in [0.05, 0.1) is 57.0 Å². The molecule has 0 heterocycles. The number of nitrogens with one attached hydrogen (secondary N) is 1. The first-order chi connectivity index (χ1) is 15.9. The van der Waals surface area contributed by atoms with E-state index >= 15 is 0 Å². The number of ketones is 2. The SMILES string of the molecule is COS(=O)(=O)[O-].C[N+](C)(C)CCOc1cc(NS(C)(=O)=O)c2c(c1N)C(=O)c1ccccc1C2=O. The molecule has 0 atom stereocenters. The highest BCUT2D eigenvalue weighted by molar-refractivity contribution is 7.92. The van der Waals surface area contributed by atoms with E-state index in [2.05, 4.69) is 8.91 Å². The number of hydrogen-bond acceptors (Lipinski definition) is 10. The van der Waals surface area contributed by atoms with Gasteiger partial charge in [-0.15, -0.1) is 0 Å². The van der Waals surface area contributed by atoms with Crippen molar-refractivity contribution in [3.8, 4) is 5.75 Å². The first-order valence-corrected chi connectivity index (χ1v) is 13.2. The molecule has 3 N–H and O–H groups in total. The quantitative estimate of drug-likeness (QED) is 0.190. The first kappa shape index (κ1) is 28.2. The van der Waals surface area contributed by atoms with Gasteiger partial charge in [0.25, 0.3) is 0 Å². The summed E-state index contributed by atoms with van der Waals surface area (Å²) in [6.07, 6.45) is 0.969. The van der Waals surface area contributed by atoms with Crippen LogP contribution in [0.25, 0.3) is 0 Å². The number of ether oxygens (including phenoxy) is 1. The second-order valence-electron chi connectivity index (χ2n) is 8.60. The Morgan fingerprint density at radius 1 is 1.00 bits per heavy atom. The maximum absolute atomic E-state index is 13.1. The van der Waals surface area contributed by atoms with Crippen LogP contribution in [0.3, 0.4) is 0 Å². The number of nitrogens with two attached hydrogens (primary N) is 1. The normalized spacial score (nSPS) is 13.3. The number of nitrogen functional groups attached to an aromatic ring is 1. The van der Waals surface area contributed by atoms with Gasteiger partial charge in [-0.1, -0.05) is 24.3 Å².